The van der Waals surface area contributed by atoms with Crippen molar-refractivity contribution in [1.82, 2.24) is 19.7 Å². The van der Waals surface area contributed by atoms with E-state index in [-0.39, 0.29) is 11.9 Å². The number of aromatic nitrogens is 3. The van der Waals surface area contributed by atoms with E-state index in [9.17, 15) is 9.90 Å². The molecule has 3 aromatic rings. The molecule has 6 rings (SSSR count). The van der Waals surface area contributed by atoms with Gasteiger partial charge in [0.05, 0.1) is 23.2 Å². The highest BCUT2D eigenvalue weighted by Crippen LogP contribution is 2.42. The van der Waals surface area contributed by atoms with Gasteiger partial charge in [-0.3, -0.25) is 9.48 Å². The molecule has 2 aliphatic carbocycles. The number of likely N-dealkylation sites (tertiary alicyclic amines) is 1. The van der Waals surface area contributed by atoms with Gasteiger partial charge in [0.2, 0.25) is 0 Å². The molecule has 0 radical (unpaired) electrons. The minimum atomic E-state index is -0.403. The largest absolute Gasteiger partial charge is 0.391 e. The number of nitrogens with zero attached hydrogens (tertiary/aromatic N) is 3. The third kappa shape index (κ3) is 2.81. The zero-order valence-electron chi connectivity index (χ0n) is 17.1. The zero-order chi connectivity index (χ0) is 20.2. The maximum absolute atomic E-state index is 13.5. The van der Waals surface area contributed by atoms with Gasteiger partial charge in [0.15, 0.2) is 0 Å². The Kier molecular flexibility index (Phi) is 4.23. The van der Waals surface area contributed by atoms with Gasteiger partial charge in [-0.05, 0) is 68.1 Å². The number of aryl methyl sites for hydroxylation is 2. The van der Waals surface area contributed by atoms with Crippen LogP contribution in [-0.2, 0) is 12.8 Å². The van der Waals surface area contributed by atoms with Crippen molar-refractivity contribution < 1.29 is 9.90 Å². The minimum absolute atomic E-state index is 0.00914. The highest BCUT2D eigenvalue weighted by atomic mass is 16.3. The number of hydrogen-bond acceptors (Lipinski definition) is 3. The average molecular weight is 405 g/mol. The number of amides is 1. The highest BCUT2D eigenvalue weighted by Gasteiger charge is 2.44. The van der Waals surface area contributed by atoms with E-state index in [1.165, 1.54) is 29.5 Å². The van der Waals surface area contributed by atoms with Gasteiger partial charge < -0.3 is 15.0 Å². The second-order valence-electron chi connectivity index (χ2n) is 9.34. The molecule has 1 aliphatic heterocycles. The molecule has 1 saturated heterocycles. The number of carbonyl (C=O) groups is 1. The fourth-order valence-corrected chi connectivity index (χ4v) is 6.11. The molecule has 2 aromatic heterocycles. The van der Waals surface area contributed by atoms with E-state index < -0.39 is 6.10 Å². The summed E-state index contributed by atoms with van der Waals surface area (Å²) in [6.45, 7) is 1.51. The molecule has 0 unspecified atom stereocenters. The van der Waals surface area contributed by atoms with Gasteiger partial charge in [-0.2, -0.15) is 5.10 Å². The second-order valence-corrected chi connectivity index (χ2v) is 9.34. The van der Waals surface area contributed by atoms with E-state index in [4.69, 9.17) is 0 Å². The molecule has 2 N–H and O–H groups in total. The van der Waals surface area contributed by atoms with Gasteiger partial charge in [0, 0.05) is 36.6 Å². The molecule has 0 spiro atoms. The predicted molar refractivity (Wildman–Crippen MR) is 114 cm³/mol. The standard InChI is InChI=1S/C24H28N4O2/c29-22-12-16-14-27(13-15(16)11-21(22)28-10-4-9-25-28)24(30)19-7-3-6-18-17-5-1-2-8-20(17)26-23(18)19/h3-4,6-7,9-10,15-16,21-22,26,29H,1-2,5,8,11-14H2/t15-,16+,21-,22-/m1/s1. The average Bonchev–Trinajstić information content (AvgIpc) is 3.50. The molecule has 6 nitrogen and oxygen atoms in total. The van der Waals surface area contributed by atoms with Crippen LogP contribution in [0.2, 0.25) is 0 Å². The molecule has 1 amide bonds. The SMILES string of the molecule is O=C(c1cccc2c3c([nH]c12)CCCC3)N1C[C@H]2C[C@@H](n3cccn3)[C@H](O)C[C@H]2C1. The molecule has 156 valence electrons. The van der Waals surface area contributed by atoms with Crippen LogP contribution in [0.15, 0.2) is 36.7 Å². The summed E-state index contributed by atoms with van der Waals surface area (Å²) in [7, 11) is 0. The van der Waals surface area contributed by atoms with Crippen molar-refractivity contribution in [2.45, 2.75) is 50.7 Å². The van der Waals surface area contributed by atoms with Gasteiger partial charge in [0.1, 0.15) is 0 Å². The van der Waals surface area contributed by atoms with Crippen molar-refractivity contribution in [1.29, 1.82) is 0 Å². The van der Waals surface area contributed by atoms with Gasteiger partial charge in [-0.1, -0.05) is 12.1 Å². The molecule has 3 aliphatic rings. The lowest BCUT2D eigenvalue weighted by molar-refractivity contribution is 0.0306. The number of hydrogen-bond donors (Lipinski definition) is 2. The number of aromatic amines is 1. The van der Waals surface area contributed by atoms with Crippen LogP contribution >= 0.6 is 0 Å². The fraction of sp³-hybridized carbons (Fsp3) is 0.500. The predicted octanol–water partition coefficient (Wildman–Crippen LogP) is 3.33. The summed E-state index contributed by atoms with van der Waals surface area (Å²) in [4.78, 5) is 19.1. The van der Waals surface area contributed by atoms with Crippen molar-refractivity contribution >= 4 is 16.8 Å². The molecule has 30 heavy (non-hydrogen) atoms. The normalized spacial score (nSPS) is 28.5. The van der Waals surface area contributed by atoms with Gasteiger partial charge in [-0.25, -0.2) is 0 Å². The first kappa shape index (κ1) is 18.2. The third-order valence-electron chi connectivity index (χ3n) is 7.62. The van der Waals surface area contributed by atoms with Crippen LogP contribution in [0.25, 0.3) is 10.9 Å². The van der Waals surface area contributed by atoms with Crippen molar-refractivity contribution in [3.05, 3.63) is 53.5 Å². The monoisotopic (exact) mass is 404 g/mol. The molecular weight excluding hydrogens is 376 g/mol. The van der Waals surface area contributed by atoms with Crippen molar-refractivity contribution in [3.63, 3.8) is 0 Å². The number of aliphatic hydroxyl groups is 1. The van der Waals surface area contributed by atoms with Crippen LogP contribution in [-0.4, -0.2) is 49.9 Å². The van der Waals surface area contributed by atoms with Crippen LogP contribution in [0.5, 0.6) is 0 Å². The third-order valence-corrected chi connectivity index (χ3v) is 7.62. The number of benzene rings is 1. The Morgan fingerprint density at radius 3 is 2.77 bits per heavy atom. The van der Waals surface area contributed by atoms with E-state index in [2.05, 4.69) is 16.1 Å². The Bertz CT molecular complexity index is 1090. The van der Waals surface area contributed by atoms with E-state index in [0.717, 1.165) is 49.9 Å². The number of fused-ring (bicyclic) bond motifs is 4. The molecule has 2 fully saturated rings. The number of carbonyl (C=O) groups excluding carboxylic acids is 1. The Labute approximate surface area is 175 Å². The van der Waals surface area contributed by atoms with Crippen molar-refractivity contribution in [2.75, 3.05) is 13.1 Å². The number of aliphatic hydroxyl groups excluding tert-OH is 1. The summed E-state index contributed by atoms with van der Waals surface area (Å²) >= 11 is 0. The van der Waals surface area contributed by atoms with Gasteiger partial charge in [0.25, 0.3) is 5.91 Å². The maximum atomic E-state index is 13.5. The molecule has 4 atom stereocenters. The molecule has 1 aromatic carbocycles. The molecular formula is C24H28N4O2. The van der Waals surface area contributed by atoms with E-state index >= 15 is 0 Å². The minimum Gasteiger partial charge on any atom is -0.391 e. The quantitative estimate of drug-likeness (QED) is 0.688. The molecule has 6 heteroatoms. The maximum Gasteiger partial charge on any atom is 0.256 e. The summed E-state index contributed by atoms with van der Waals surface area (Å²) in [5.41, 5.74) is 4.53. The Balaban J connectivity index is 1.26. The number of rotatable bonds is 2. The summed E-state index contributed by atoms with van der Waals surface area (Å²) in [6, 6.07) is 8.06. The van der Waals surface area contributed by atoms with Crippen LogP contribution < -0.4 is 0 Å². The van der Waals surface area contributed by atoms with Crippen molar-refractivity contribution in [3.8, 4) is 0 Å². The summed E-state index contributed by atoms with van der Waals surface area (Å²) in [5.74, 6) is 0.910. The first-order valence-electron chi connectivity index (χ1n) is 11.3. The number of nitrogens with one attached hydrogen (secondary N) is 1. The van der Waals surface area contributed by atoms with Crippen LogP contribution in [0.1, 0.15) is 53.3 Å². The molecule has 0 bridgehead atoms. The van der Waals surface area contributed by atoms with E-state index in [0.29, 0.717) is 11.8 Å². The van der Waals surface area contributed by atoms with Crippen molar-refractivity contribution in [2.24, 2.45) is 11.8 Å². The topological polar surface area (TPSA) is 74.2 Å². The Morgan fingerprint density at radius 1 is 1.10 bits per heavy atom. The lowest BCUT2D eigenvalue weighted by Crippen LogP contribution is -2.36. The lowest BCUT2D eigenvalue weighted by Gasteiger charge is -2.35. The first-order chi connectivity index (χ1) is 14.7. The van der Waals surface area contributed by atoms with E-state index in [1.807, 2.05) is 34.0 Å². The Morgan fingerprint density at radius 2 is 1.93 bits per heavy atom. The summed E-state index contributed by atoms with van der Waals surface area (Å²) < 4.78 is 1.88. The molecule has 3 heterocycles. The zero-order valence-corrected chi connectivity index (χ0v) is 17.1. The lowest BCUT2D eigenvalue weighted by atomic mass is 9.77. The van der Waals surface area contributed by atoms with Gasteiger partial charge >= 0.3 is 0 Å². The van der Waals surface area contributed by atoms with E-state index in [1.54, 1.807) is 6.20 Å². The van der Waals surface area contributed by atoms with Crippen LogP contribution in [0.4, 0.5) is 0 Å². The number of H-pyrrole nitrogens is 1. The van der Waals surface area contributed by atoms with Gasteiger partial charge in [-0.15, -0.1) is 0 Å². The second kappa shape index (κ2) is 6.98. The summed E-state index contributed by atoms with van der Waals surface area (Å²) in [6.07, 6.45) is 9.54. The fourth-order valence-electron chi connectivity index (χ4n) is 6.11. The first-order valence-corrected chi connectivity index (χ1v) is 11.3. The molecule has 1 saturated carbocycles. The van der Waals surface area contributed by atoms with Crippen LogP contribution in [0, 0.1) is 11.8 Å². The summed E-state index contributed by atoms with van der Waals surface area (Å²) in [5, 5.41) is 16.3. The highest BCUT2D eigenvalue weighted by molar-refractivity contribution is 6.07. The Hall–Kier alpha value is -2.60. The number of para-hydroxylation sites is 1. The van der Waals surface area contributed by atoms with Crippen LogP contribution in [0.3, 0.4) is 0 Å². The smallest absolute Gasteiger partial charge is 0.256 e.